The number of carbonyl (C=O) groups excluding carboxylic acids is 2. The van der Waals surface area contributed by atoms with Gasteiger partial charge in [-0.2, -0.15) is 0 Å². The maximum absolute atomic E-state index is 13.3. The standard InChI is InChI=1S/C29H42N4O5.ClH/c1-20(2)33(21(3)4)29(35)25-15-14-24(18-26(25)38-19-27(34)32(5)6)37-17-9-7-8-16-36-23-12-10-22(11-13-23)28(30)31;/h10-15,18,20-21H,7-9,16-17,19H2,1-6H3,(H3,30,31);1H. The van der Waals surface area contributed by atoms with Crippen LogP contribution in [0, 0.1) is 5.41 Å². The summed E-state index contributed by atoms with van der Waals surface area (Å²) >= 11 is 0. The Morgan fingerprint density at radius 1 is 0.846 bits per heavy atom. The van der Waals surface area contributed by atoms with Crippen LogP contribution in [-0.2, 0) is 4.79 Å². The smallest absolute Gasteiger partial charge is 0.259 e. The van der Waals surface area contributed by atoms with E-state index in [1.165, 1.54) is 4.90 Å². The second kappa shape index (κ2) is 16.5. The predicted molar refractivity (Wildman–Crippen MR) is 157 cm³/mol. The summed E-state index contributed by atoms with van der Waals surface area (Å²) in [6.45, 7) is 8.80. The number of amidine groups is 1. The van der Waals surface area contributed by atoms with Crippen molar-refractivity contribution in [3.63, 3.8) is 0 Å². The highest BCUT2D eigenvalue weighted by Crippen LogP contribution is 2.28. The number of amides is 2. The van der Waals surface area contributed by atoms with Crippen molar-refractivity contribution in [3.05, 3.63) is 53.6 Å². The van der Waals surface area contributed by atoms with E-state index in [9.17, 15) is 9.59 Å². The summed E-state index contributed by atoms with van der Waals surface area (Å²) in [5.41, 5.74) is 6.54. The van der Waals surface area contributed by atoms with Gasteiger partial charge in [0.15, 0.2) is 6.61 Å². The van der Waals surface area contributed by atoms with E-state index >= 15 is 0 Å². The molecule has 9 nitrogen and oxygen atoms in total. The quantitative estimate of drug-likeness (QED) is 0.184. The van der Waals surface area contributed by atoms with Crippen LogP contribution in [0.25, 0.3) is 0 Å². The van der Waals surface area contributed by atoms with Gasteiger partial charge >= 0.3 is 0 Å². The first-order chi connectivity index (χ1) is 18.0. The number of nitrogen functional groups attached to an aromatic ring is 1. The molecule has 0 aliphatic heterocycles. The lowest BCUT2D eigenvalue weighted by atomic mass is 10.1. The number of likely N-dealkylation sites (N-methyl/N-ethyl adjacent to an activating group) is 1. The zero-order valence-corrected chi connectivity index (χ0v) is 24.7. The number of rotatable bonds is 15. The van der Waals surface area contributed by atoms with Crippen LogP contribution >= 0.6 is 12.4 Å². The summed E-state index contributed by atoms with van der Waals surface area (Å²) in [7, 11) is 3.32. The maximum Gasteiger partial charge on any atom is 0.259 e. The lowest BCUT2D eigenvalue weighted by Gasteiger charge is -2.31. The van der Waals surface area contributed by atoms with E-state index in [2.05, 4.69) is 0 Å². The third kappa shape index (κ3) is 10.7. The van der Waals surface area contributed by atoms with E-state index in [1.807, 2.05) is 39.8 Å². The van der Waals surface area contributed by atoms with Gasteiger partial charge in [0.05, 0.1) is 18.8 Å². The zero-order chi connectivity index (χ0) is 28.2. The van der Waals surface area contributed by atoms with Crippen LogP contribution in [0.1, 0.15) is 62.9 Å². The van der Waals surface area contributed by atoms with Crippen LogP contribution < -0.4 is 19.9 Å². The van der Waals surface area contributed by atoms with Crippen molar-refractivity contribution in [1.82, 2.24) is 9.80 Å². The number of benzene rings is 2. The van der Waals surface area contributed by atoms with Crippen molar-refractivity contribution in [2.45, 2.75) is 59.0 Å². The van der Waals surface area contributed by atoms with Gasteiger partial charge in [-0.05, 0) is 83.4 Å². The van der Waals surface area contributed by atoms with Crippen LogP contribution in [-0.4, -0.2) is 73.4 Å². The van der Waals surface area contributed by atoms with Crippen LogP contribution in [0.2, 0.25) is 0 Å². The highest BCUT2D eigenvalue weighted by atomic mass is 35.5. The molecule has 0 fully saturated rings. The van der Waals surface area contributed by atoms with Crippen molar-refractivity contribution < 1.29 is 23.8 Å². The number of nitrogens with two attached hydrogens (primary N) is 1. The van der Waals surface area contributed by atoms with Gasteiger partial charge in [-0.25, -0.2) is 0 Å². The number of ether oxygens (including phenoxy) is 3. The lowest BCUT2D eigenvalue weighted by molar-refractivity contribution is -0.130. The Hall–Kier alpha value is -3.46. The van der Waals surface area contributed by atoms with Gasteiger partial charge in [-0.15, -0.1) is 12.4 Å². The SMILES string of the molecule is CC(C)N(C(=O)c1ccc(OCCCCCOc2ccc(C(=N)N)cc2)cc1OCC(=O)N(C)C)C(C)C.Cl. The molecule has 0 atom stereocenters. The minimum Gasteiger partial charge on any atom is -0.494 e. The molecule has 0 unspecified atom stereocenters. The van der Waals surface area contributed by atoms with E-state index in [-0.39, 0.29) is 48.7 Å². The molecule has 0 aliphatic carbocycles. The lowest BCUT2D eigenvalue weighted by Crippen LogP contribution is -2.42. The van der Waals surface area contributed by atoms with Crippen molar-refractivity contribution in [2.24, 2.45) is 5.73 Å². The Kier molecular flexibility index (Phi) is 14.2. The molecule has 216 valence electrons. The van der Waals surface area contributed by atoms with E-state index < -0.39 is 0 Å². The highest BCUT2D eigenvalue weighted by Gasteiger charge is 2.25. The van der Waals surface area contributed by atoms with Gasteiger partial charge in [0.25, 0.3) is 11.8 Å². The van der Waals surface area contributed by atoms with Crippen LogP contribution in [0.4, 0.5) is 0 Å². The summed E-state index contributed by atoms with van der Waals surface area (Å²) in [6, 6.07) is 12.3. The van der Waals surface area contributed by atoms with Gasteiger partial charge in [0.1, 0.15) is 23.1 Å². The average Bonchev–Trinajstić information content (AvgIpc) is 2.86. The highest BCUT2D eigenvalue weighted by molar-refractivity contribution is 5.97. The Labute approximate surface area is 238 Å². The molecule has 0 bridgehead atoms. The van der Waals surface area contributed by atoms with Crippen molar-refractivity contribution in [1.29, 1.82) is 5.41 Å². The summed E-state index contributed by atoms with van der Waals surface area (Å²) in [5, 5.41) is 7.43. The summed E-state index contributed by atoms with van der Waals surface area (Å²) in [6.07, 6.45) is 2.62. The fraction of sp³-hybridized carbons (Fsp3) is 0.483. The molecule has 0 saturated heterocycles. The predicted octanol–water partition coefficient (Wildman–Crippen LogP) is 4.75. The summed E-state index contributed by atoms with van der Waals surface area (Å²) in [5.74, 6) is 1.34. The van der Waals surface area contributed by atoms with Crippen LogP contribution in [0.15, 0.2) is 42.5 Å². The van der Waals surface area contributed by atoms with Crippen LogP contribution in [0.5, 0.6) is 17.2 Å². The number of hydrogen-bond donors (Lipinski definition) is 2. The normalized spacial score (nSPS) is 10.6. The van der Waals surface area contributed by atoms with Crippen LogP contribution in [0.3, 0.4) is 0 Å². The van der Waals surface area contributed by atoms with Gasteiger partial charge in [0.2, 0.25) is 0 Å². The van der Waals surface area contributed by atoms with Crippen molar-refractivity contribution in [2.75, 3.05) is 33.9 Å². The molecule has 10 heteroatoms. The molecule has 0 heterocycles. The second-order valence-electron chi connectivity index (χ2n) is 9.83. The van der Waals surface area contributed by atoms with Gasteiger partial charge < -0.3 is 29.7 Å². The van der Waals surface area contributed by atoms with E-state index in [0.717, 1.165) is 25.0 Å². The van der Waals surface area contributed by atoms with Gasteiger partial charge in [-0.3, -0.25) is 15.0 Å². The molecular weight excluding hydrogens is 520 g/mol. The van der Waals surface area contributed by atoms with Gasteiger partial charge in [-0.1, -0.05) is 0 Å². The molecule has 0 aromatic heterocycles. The summed E-state index contributed by atoms with van der Waals surface area (Å²) in [4.78, 5) is 28.7. The largest absolute Gasteiger partial charge is 0.494 e. The topological polar surface area (TPSA) is 118 Å². The van der Waals surface area contributed by atoms with E-state index in [1.54, 1.807) is 49.3 Å². The third-order valence-corrected chi connectivity index (χ3v) is 5.87. The molecule has 2 aromatic rings. The Morgan fingerprint density at radius 3 is 1.90 bits per heavy atom. The summed E-state index contributed by atoms with van der Waals surface area (Å²) < 4.78 is 17.5. The van der Waals surface area contributed by atoms with E-state index in [4.69, 9.17) is 25.4 Å². The Bertz CT molecular complexity index is 1070. The first kappa shape index (κ1) is 33.6. The Balaban J connectivity index is 0.00000760. The minimum atomic E-state index is -0.198. The first-order valence-corrected chi connectivity index (χ1v) is 13.0. The second-order valence-corrected chi connectivity index (χ2v) is 9.83. The molecule has 2 amide bonds. The molecule has 2 aromatic carbocycles. The molecule has 0 saturated carbocycles. The monoisotopic (exact) mass is 562 g/mol. The zero-order valence-electron chi connectivity index (χ0n) is 23.9. The number of nitrogens with one attached hydrogen (secondary N) is 1. The maximum atomic E-state index is 13.3. The molecule has 0 aliphatic rings. The number of nitrogens with zero attached hydrogens (tertiary/aromatic N) is 2. The Morgan fingerprint density at radius 2 is 1.38 bits per heavy atom. The third-order valence-electron chi connectivity index (χ3n) is 5.87. The van der Waals surface area contributed by atoms with Crippen molar-refractivity contribution >= 4 is 30.1 Å². The van der Waals surface area contributed by atoms with E-state index in [0.29, 0.717) is 35.8 Å². The molecule has 2 rings (SSSR count). The fourth-order valence-electron chi connectivity index (χ4n) is 3.85. The molecule has 0 radical (unpaired) electrons. The number of carbonyl (C=O) groups is 2. The molecule has 39 heavy (non-hydrogen) atoms. The van der Waals surface area contributed by atoms with Crippen molar-refractivity contribution in [3.8, 4) is 17.2 Å². The first-order valence-electron chi connectivity index (χ1n) is 13.0. The van der Waals surface area contributed by atoms with Gasteiger partial charge in [0, 0.05) is 37.8 Å². The number of halogens is 1. The molecule has 3 N–H and O–H groups in total. The fourth-order valence-corrected chi connectivity index (χ4v) is 3.85. The number of unbranched alkanes of at least 4 members (excludes halogenated alkanes) is 2. The molecule has 0 spiro atoms. The molecular formula is C29H43ClN4O5. The number of hydrogen-bond acceptors (Lipinski definition) is 6. The average molecular weight is 563 g/mol. The minimum absolute atomic E-state index is 0.